The van der Waals surface area contributed by atoms with Gasteiger partial charge in [-0.3, -0.25) is 9.59 Å². The van der Waals surface area contributed by atoms with Crippen LogP contribution < -0.4 is 4.74 Å². The van der Waals surface area contributed by atoms with Crippen molar-refractivity contribution in [2.45, 2.75) is 25.7 Å². The molecule has 0 aliphatic carbocycles. The van der Waals surface area contributed by atoms with Crippen molar-refractivity contribution in [1.82, 2.24) is 0 Å². The van der Waals surface area contributed by atoms with Crippen molar-refractivity contribution in [2.24, 2.45) is 0 Å². The lowest BCUT2D eigenvalue weighted by molar-refractivity contribution is -0.147. The van der Waals surface area contributed by atoms with E-state index in [-0.39, 0.29) is 30.2 Å². The average Bonchev–Trinajstić information content (AvgIpc) is 2.61. The van der Waals surface area contributed by atoms with Gasteiger partial charge in [-0.05, 0) is 30.5 Å². The quantitative estimate of drug-likeness (QED) is 0.397. The van der Waals surface area contributed by atoms with Gasteiger partial charge in [-0.2, -0.15) is 0 Å². The number of rotatable bonds is 8. The first-order chi connectivity index (χ1) is 12.1. The van der Waals surface area contributed by atoms with Gasteiger partial charge in [-0.25, -0.2) is 4.39 Å². The summed E-state index contributed by atoms with van der Waals surface area (Å²) in [7, 11) is 0. The normalized spacial score (nSPS) is 10.3. The molecule has 0 amide bonds. The van der Waals surface area contributed by atoms with E-state index in [9.17, 15) is 14.0 Å². The minimum absolute atomic E-state index is 0.00293. The van der Waals surface area contributed by atoms with E-state index in [4.69, 9.17) is 21.1 Å². The zero-order valence-corrected chi connectivity index (χ0v) is 14.3. The number of esters is 2. The molecule has 0 heterocycles. The monoisotopic (exact) mass is 364 g/mol. The van der Waals surface area contributed by atoms with Gasteiger partial charge in [0.1, 0.15) is 0 Å². The molecule has 132 valence electrons. The van der Waals surface area contributed by atoms with Crippen LogP contribution in [0.4, 0.5) is 4.39 Å². The molecule has 0 saturated heterocycles. The van der Waals surface area contributed by atoms with Gasteiger partial charge in [0.2, 0.25) is 0 Å². The number of hydrogen-bond donors (Lipinski definition) is 0. The SMILES string of the molecule is O=C(CCC(=O)Oc1c(F)cccc1Cl)OCCCc1ccccc1. The van der Waals surface area contributed by atoms with Crippen LogP contribution in [0, 0.1) is 5.82 Å². The van der Waals surface area contributed by atoms with E-state index in [1.54, 1.807) is 0 Å². The Morgan fingerprint density at radius 1 is 0.960 bits per heavy atom. The first kappa shape index (κ1) is 18.9. The third-order valence-corrected chi connectivity index (χ3v) is 3.68. The second-order valence-electron chi connectivity index (χ2n) is 5.33. The van der Waals surface area contributed by atoms with Gasteiger partial charge in [0.15, 0.2) is 11.6 Å². The van der Waals surface area contributed by atoms with Gasteiger partial charge in [-0.15, -0.1) is 0 Å². The molecule has 0 fully saturated rings. The summed E-state index contributed by atoms with van der Waals surface area (Å²) in [5.41, 5.74) is 1.17. The summed E-state index contributed by atoms with van der Waals surface area (Å²) in [6.07, 6.45) is 1.17. The van der Waals surface area contributed by atoms with Crippen LogP contribution in [-0.2, 0) is 20.7 Å². The van der Waals surface area contributed by atoms with Crippen LogP contribution in [0.2, 0.25) is 5.02 Å². The van der Waals surface area contributed by atoms with E-state index < -0.39 is 17.8 Å². The van der Waals surface area contributed by atoms with E-state index in [0.29, 0.717) is 6.42 Å². The molecule has 6 heteroatoms. The molecule has 0 aliphatic rings. The maximum atomic E-state index is 13.5. The number of para-hydroxylation sites is 1. The summed E-state index contributed by atoms with van der Waals surface area (Å²) < 4.78 is 23.4. The highest BCUT2D eigenvalue weighted by molar-refractivity contribution is 6.32. The average molecular weight is 365 g/mol. The molecule has 0 aromatic heterocycles. The summed E-state index contributed by atoms with van der Waals surface area (Å²) in [6.45, 7) is 0.280. The van der Waals surface area contributed by atoms with Crippen LogP contribution in [0.1, 0.15) is 24.8 Å². The summed E-state index contributed by atoms with van der Waals surface area (Å²) in [5, 5.41) is -0.00293. The second-order valence-corrected chi connectivity index (χ2v) is 5.74. The minimum atomic E-state index is -0.742. The number of benzene rings is 2. The van der Waals surface area contributed by atoms with Crippen LogP contribution in [0.25, 0.3) is 0 Å². The molecule has 0 aliphatic heterocycles. The smallest absolute Gasteiger partial charge is 0.311 e. The molecular formula is C19H18ClFO4. The van der Waals surface area contributed by atoms with Gasteiger partial charge in [0.25, 0.3) is 0 Å². The number of carbonyl (C=O) groups excluding carboxylic acids is 2. The Labute approximate surface area is 150 Å². The Kier molecular flexibility index (Phi) is 7.41. The fraction of sp³-hybridized carbons (Fsp3) is 0.263. The van der Waals surface area contributed by atoms with Gasteiger partial charge >= 0.3 is 11.9 Å². The van der Waals surface area contributed by atoms with Crippen LogP contribution in [-0.4, -0.2) is 18.5 Å². The highest BCUT2D eigenvalue weighted by atomic mass is 35.5. The zero-order valence-electron chi connectivity index (χ0n) is 13.5. The third kappa shape index (κ3) is 6.55. The molecule has 0 radical (unpaired) electrons. The first-order valence-electron chi connectivity index (χ1n) is 7.90. The summed E-state index contributed by atoms with van der Waals surface area (Å²) in [4.78, 5) is 23.3. The van der Waals surface area contributed by atoms with Gasteiger partial charge in [0, 0.05) is 0 Å². The van der Waals surface area contributed by atoms with E-state index in [1.807, 2.05) is 30.3 Å². The van der Waals surface area contributed by atoms with Crippen molar-refractivity contribution in [3.05, 3.63) is 64.9 Å². The fourth-order valence-electron chi connectivity index (χ4n) is 2.13. The highest BCUT2D eigenvalue weighted by Gasteiger charge is 2.15. The number of carbonyl (C=O) groups is 2. The van der Waals surface area contributed by atoms with Crippen molar-refractivity contribution in [3.63, 3.8) is 0 Å². The van der Waals surface area contributed by atoms with Crippen molar-refractivity contribution >= 4 is 23.5 Å². The molecule has 25 heavy (non-hydrogen) atoms. The topological polar surface area (TPSA) is 52.6 Å². The molecule has 4 nitrogen and oxygen atoms in total. The molecule has 0 bridgehead atoms. The third-order valence-electron chi connectivity index (χ3n) is 3.38. The highest BCUT2D eigenvalue weighted by Crippen LogP contribution is 2.27. The number of halogens is 2. The number of ether oxygens (including phenoxy) is 2. The Bertz CT molecular complexity index is 698. The van der Waals surface area contributed by atoms with Crippen LogP contribution in [0.15, 0.2) is 48.5 Å². The molecule has 0 unspecified atom stereocenters. The lowest BCUT2D eigenvalue weighted by atomic mass is 10.1. The summed E-state index contributed by atoms with van der Waals surface area (Å²) >= 11 is 5.76. The van der Waals surface area contributed by atoms with E-state index in [0.717, 1.165) is 12.5 Å². The van der Waals surface area contributed by atoms with Crippen LogP contribution in [0.5, 0.6) is 5.75 Å². The first-order valence-corrected chi connectivity index (χ1v) is 8.28. The Morgan fingerprint density at radius 3 is 2.40 bits per heavy atom. The Morgan fingerprint density at radius 2 is 1.68 bits per heavy atom. The standard InChI is InChI=1S/C19H18ClFO4/c20-15-9-4-10-16(21)19(15)25-18(23)12-11-17(22)24-13-5-8-14-6-2-1-3-7-14/h1-4,6-7,9-10H,5,8,11-13H2. The predicted octanol–water partition coefficient (Wildman–Crippen LogP) is 4.34. The molecule has 0 N–H and O–H groups in total. The maximum Gasteiger partial charge on any atom is 0.311 e. The number of aryl methyl sites for hydroxylation is 1. The Hall–Kier alpha value is -2.40. The number of hydrogen-bond acceptors (Lipinski definition) is 4. The van der Waals surface area contributed by atoms with E-state index in [1.165, 1.54) is 17.7 Å². The second kappa shape index (κ2) is 9.79. The molecule has 2 rings (SSSR count). The predicted molar refractivity (Wildman–Crippen MR) is 92.0 cm³/mol. The molecule has 2 aromatic rings. The zero-order chi connectivity index (χ0) is 18.1. The van der Waals surface area contributed by atoms with Gasteiger partial charge < -0.3 is 9.47 Å². The lowest BCUT2D eigenvalue weighted by Gasteiger charge is -2.07. The Balaban J connectivity index is 1.65. The molecule has 2 aromatic carbocycles. The molecule has 0 spiro atoms. The summed E-state index contributed by atoms with van der Waals surface area (Å²) in [5.74, 6) is -2.30. The maximum absolute atomic E-state index is 13.5. The fourth-order valence-corrected chi connectivity index (χ4v) is 2.33. The lowest BCUT2D eigenvalue weighted by Crippen LogP contribution is -2.13. The van der Waals surface area contributed by atoms with Crippen molar-refractivity contribution in [3.8, 4) is 5.75 Å². The van der Waals surface area contributed by atoms with Crippen molar-refractivity contribution in [1.29, 1.82) is 0 Å². The van der Waals surface area contributed by atoms with Crippen LogP contribution in [0.3, 0.4) is 0 Å². The molecular weight excluding hydrogens is 347 g/mol. The molecule has 0 saturated carbocycles. The van der Waals surface area contributed by atoms with E-state index >= 15 is 0 Å². The van der Waals surface area contributed by atoms with Crippen molar-refractivity contribution < 1.29 is 23.5 Å². The van der Waals surface area contributed by atoms with E-state index in [2.05, 4.69) is 0 Å². The van der Waals surface area contributed by atoms with Gasteiger partial charge in [-0.1, -0.05) is 48.0 Å². The summed E-state index contributed by atoms with van der Waals surface area (Å²) in [6, 6.07) is 13.8. The van der Waals surface area contributed by atoms with Crippen LogP contribution >= 0.6 is 11.6 Å². The van der Waals surface area contributed by atoms with Gasteiger partial charge in [0.05, 0.1) is 24.5 Å². The minimum Gasteiger partial charge on any atom is -0.466 e. The van der Waals surface area contributed by atoms with Crippen molar-refractivity contribution in [2.75, 3.05) is 6.61 Å². The largest absolute Gasteiger partial charge is 0.466 e. The molecule has 0 atom stereocenters.